The average molecular weight is 432 g/mol. The van der Waals surface area contributed by atoms with Gasteiger partial charge in [-0.1, -0.05) is 67.9 Å². The zero-order valence-corrected chi connectivity index (χ0v) is 18.6. The van der Waals surface area contributed by atoms with Crippen LogP contribution in [0.2, 0.25) is 0 Å². The number of amides is 2. The summed E-state index contributed by atoms with van der Waals surface area (Å²) in [5, 5.41) is 1.83. The molecule has 0 atom stereocenters. The molecule has 0 radical (unpaired) electrons. The minimum Gasteiger partial charge on any atom is -0.493 e. The lowest BCUT2D eigenvalue weighted by Gasteiger charge is -2.14. The number of thioether (sulfide) groups is 1. The molecule has 1 fully saturated rings. The number of rotatable bonds is 7. The predicted molar refractivity (Wildman–Crippen MR) is 127 cm³/mol. The van der Waals surface area contributed by atoms with Gasteiger partial charge in [0.2, 0.25) is 0 Å². The Balaban J connectivity index is 1.69. The van der Waals surface area contributed by atoms with E-state index >= 15 is 0 Å². The van der Waals surface area contributed by atoms with Crippen LogP contribution in [-0.2, 0) is 11.3 Å². The van der Waals surface area contributed by atoms with E-state index in [0.717, 1.165) is 57.8 Å². The van der Waals surface area contributed by atoms with Gasteiger partial charge in [-0.15, -0.1) is 0 Å². The molecule has 3 aromatic carbocycles. The van der Waals surface area contributed by atoms with Crippen molar-refractivity contribution in [1.82, 2.24) is 4.90 Å². The first-order chi connectivity index (χ1) is 15.1. The van der Waals surface area contributed by atoms with E-state index in [1.807, 2.05) is 73.7 Å². The number of fused-ring (bicyclic) bond motifs is 1. The van der Waals surface area contributed by atoms with Gasteiger partial charge in [0.25, 0.3) is 11.1 Å². The van der Waals surface area contributed by atoms with Crippen molar-refractivity contribution in [3.63, 3.8) is 0 Å². The molecule has 0 N–H and O–H groups in total. The Kier molecular flexibility index (Phi) is 6.42. The fraction of sp³-hybridized carbons (Fsp3) is 0.231. The summed E-state index contributed by atoms with van der Waals surface area (Å²) in [6.45, 7) is 5.00. The third-order valence-electron chi connectivity index (χ3n) is 5.42. The molecule has 2 amide bonds. The van der Waals surface area contributed by atoms with E-state index in [-0.39, 0.29) is 17.7 Å². The Hall–Kier alpha value is -3.05. The molecule has 5 heteroatoms. The van der Waals surface area contributed by atoms with Crippen LogP contribution in [-0.4, -0.2) is 22.7 Å². The molecule has 3 aromatic rings. The second-order valence-corrected chi connectivity index (χ2v) is 8.59. The van der Waals surface area contributed by atoms with Gasteiger partial charge in [-0.05, 0) is 59.1 Å². The Bertz CT molecular complexity index is 1170. The molecule has 1 saturated heterocycles. The van der Waals surface area contributed by atoms with E-state index in [1.165, 1.54) is 4.90 Å². The second kappa shape index (κ2) is 9.40. The summed E-state index contributed by atoms with van der Waals surface area (Å²) in [7, 11) is 0. The monoisotopic (exact) mass is 431 g/mol. The van der Waals surface area contributed by atoms with Gasteiger partial charge in [0.1, 0.15) is 5.75 Å². The lowest BCUT2D eigenvalue weighted by molar-refractivity contribution is -0.123. The maximum atomic E-state index is 13.1. The molecule has 0 bridgehead atoms. The highest BCUT2D eigenvalue weighted by atomic mass is 32.2. The fourth-order valence-corrected chi connectivity index (χ4v) is 4.42. The van der Waals surface area contributed by atoms with Crippen LogP contribution in [0.25, 0.3) is 16.8 Å². The van der Waals surface area contributed by atoms with Gasteiger partial charge < -0.3 is 4.74 Å². The van der Waals surface area contributed by atoms with Crippen molar-refractivity contribution in [2.45, 2.75) is 33.2 Å². The molecule has 1 aliphatic heterocycles. The van der Waals surface area contributed by atoms with Crippen LogP contribution < -0.4 is 4.74 Å². The lowest BCUT2D eigenvalue weighted by Crippen LogP contribution is -2.27. The quantitative estimate of drug-likeness (QED) is 0.314. The van der Waals surface area contributed by atoms with Gasteiger partial charge in [-0.25, -0.2) is 0 Å². The number of imide groups is 1. The molecule has 0 aliphatic carbocycles. The molecular formula is C26H25NO3S. The Morgan fingerprint density at radius 2 is 1.77 bits per heavy atom. The van der Waals surface area contributed by atoms with Crippen molar-refractivity contribution in [1.29, 1.82) is 0 Å². The van der Waals surface area contributed by atoms with Crippen molar-refractivity contribution >= 4 is 39.8 Å². The smallest absolute Gasteiger partial charge is 0.293 e. The number of hydrogen-bond donors (Lipinski definition) is 0. The highest BCUT2D eigenvalue weighted by molar-refractivity contribution is 8.18. The first kappa shape index (κ1) is 21.2. The molecule has 0 saturated carbocycles. The van der Waals surface area contributed by atoms with Gasteiger partial charge in [0.15, 0.2) is 0 Å². The summed E-state index contributed by atoms with van der Waals surface area (Å²) in [5.74, 6) is 0.476. The van der Waals surface area contributed by atoms with Crippen molar-refractivity contribution in [3.8, 4) is 5.75 Å². The molecule has 0 aromatic heterocycles. The first-order valence-electron chi connectivity index (χ1n) is 10.5. The predicted octanol–water partition coefficient (Wildman–Crippen LogP) is 6.56. The van der Waals surface area contributed by atoms with Crippen molar-refractivity contribution in [3.05, 3.63) is 82.3 Å². The number of unbranched alkanes of at least 4 members (excludes halogenated alkanes) is 1. The summed E-state index contributed by atoms with van der Waals surface area (Å²) >= 11 is 0.990. The molecule has 4 nitrogen and oxygen atoms in total. The number of nitrogens with zero attached hydrogens (tertiary/aromatic N) is 1. The van der Waals surface area contributed by atoms with Crippen molar-refractivity contribution in [2.75, 3.05) is 6.61 Å². The van der Waals surface area contributed by atoms with Gasteiger partial charge in [-0.2, -0.15) is 0 Å². The largest absolute Gasteiger partial charge is 0.493 e. The van der Waals surface area contributed by atoms with Gasteiger partial charge in [0, 0.05) is 5.56 Å². The third kappa shape index (κ3) is 4.52. The van der Waals surface area contributed by atoms with Gasteiger partial charge in [-0.3, -0.25) is 14.5 Å². The minimum absolute atomic E-state index is 0.242. The van der Waals surface area contributed by atoms with E-state index in [2.05, 4.69) is 6.92 Å². The van der Waals surface area contributed by atoms with Crippen LogP contribution in [0.1, 0.15) is 36.5 Å². The number of carbonyl (C=O) groups excluding carboxylic acids is 2. The normalized spacial score (nSPS) is 15.3. The van der Waals surface area contributed by atoms with E-state index in [0.29, 0.717) is 11.5 Å². The van der Waals surface area contributed by atoms with Crippen LogP contribution >= 0.6 is 11.8 Å². The van der Waals surface area contributed by atoms with Crippen LogP contribution in [0.15, 0.2) is 65.6 Å². The lowest BCUT2D eigenvalue weighted by atomic mass is 10.0. The molecule has 4 rings (SSSR count). The average Bonchev–Trinajstić information content (AvgIpc) is 3.04. The van der Waals surface area contributed by atoms with Crippen LogP contribution in [0.3, 0.4) is 0 Å². The SMILES string of the molecule is CCCCOc1ccc2ccccc2c1/C=C1\SC(=O)N(Cc2ccccc2C)C1=O. The maximum absolute atomic E-state index is 13.1. The highest BCUT2D eigenvalue weighted by Gasteiger charge is 2.35. The van der Waals surface area contributed by atoms with E-state index < -0.39 is 0 Å². The summed E-state index contributed by atoms with van der Waals surface area (Å²) in [5.41, 5.74) is 2.88. The minimum atomic E-state index is -0.259. The molecule has 31 heavy (non-hydrogen) atoms. The fourth-order valence-electron chi connectivity index (χ4n) is 3.60. The Morgan fingerprint density at radius 3 is 2.58 bits per heavy atom. The van der Waals surface area contributed by atoms with E-state index in [4.69, 9.17) is 4.74 Å². The van der Waals surface area contributed by atoms with Crippen LogP contribution in [0.5, 0.6) is 5.75 Å². The number of hydrogen-bond acceptors (Lipinski definition) is 4. The Labute approximate surface area is 186 Å². The van der Waals surface area contributed by atoms with Crippen molar-refractivity contribution < 1.29 is 14.3 Å². The zero-order valence-electron chi connectivity index (χ0n) is 17.8. The van der Waals surface area contributed by atoms with Gasteiger partial charge in [0.05, 0.1) is 18.1 Å². The summed E-state index contributed by atoms with van der Waals surface area (Å²) in [6.07, 6.45) is 3.81. The summed E-state index contributed by atoms with van der Waals surface area (Å²) in [6, 6.07) is 19.8. The molecule has 158 valence electrons. The zero-order chi connectivity index (χ0) is 21.8. The number of carbonyl (C=O) groups is 2. The molecule has 0 unspecified atom stereocenters. The topological polar surface area (TPSA) is 46.6 Å². The van der Waals surface area contributed by atoms with E-state index in [9.17, 15) is 9.59 Å². The number of aryl methyl sites for hydroxylation is 1. The number of benzene rings is 3. The van der Waals surface area contributed by atoms with Gasteiger partial charge >= 0.3 is 0 Å². The maximum Gasteiger partial charge on any atom is 0.293 e. The number of ether oxygens (including phenoxy) is 1. The summed E-state index contributed by atoms with van der Waals surface area (Å²) < 4.78 is 6.03. The molecule has 1 heterocycles. The molecular weight excluding hydrogens is 406 g/mol. The first-order valence-corrected chi connectivity index (χ1v) is 11.3. The Morgan fingerprint density at radius 1 is 1.00 bits per heavy atom. The van der Waals surface area contributed by atoms with E-state index in [1.54, 1.807) is 0 Å². The summed E-state index contributed by atoms with van der Waals surface area (Å²) in [4.78, 5) is 27.5. The van der Waals surface area contributed by atoms with Crippen molar-refractivity contribution in [2.24, 2.45) is 0 Å². The second-order valence-electron chi connectivity index (χ2n) is 7.59. The third-order valence-corrected chi connectivity index (χ3v) is 6.33. The molecule has 0 spiro atoms. The highest BCUT2D eigenvalue weighted by Crippen LogP contribution is 2.37. The van der Waals surface area contributed by atoms with Crippen LogP contribution in [0.4, 0.5) is 4.79 Å². The standard InChI is InChI=1S/C26H25NO3S/c1-3-4-15-30-23-14-13-19-10-7-8-12-21(19)22(23)16-24-25(28)27(26(29)31-24)17-20-11-6-5-9-18(20)2/h5-14,16H,3-4,15,17H2,1-2H3/b24-16-. The molecule has 1 aliphatic rings. The van der Waals surface area contributed by atoms with Crippen LogP contribution in [0, 0.1) is 6.92 Å².